The first-order chi connectivity index (χ1) is 13.3. The van der Waals surface area contributed by atoms with Gasteiger partial charge in [0.1, 0.15) is 5.54 Å². The summed E-state index contributed by atoms with van der Waals surface area (Å²) in [5, 5.41) is 3.46. The predicted octanol–water partition coefficient (Wildman–Crippen LogP) is 3.79. The van der Waals surface area contributed by atoms with E-state index in [1.165, 1.54) is 0 Å². The van der Waals surface area contributed by atoms with Gasteiger partial charge < -0.3 is 9.88 Å². The monoisotopic (exact) mass is 399 g/mol. The number of benzene rings is 1. The Morgan fingerprint density at radius 2 is 1.79 bits per heavy atom. The minimum absolute atomic E-state index is 0.239. The molecule has 2 aliphatic rings. The Morgan fingerprint density at radius 1 is 1.14 bits per heavy atom. The zero-order valence-corrected chi connectivity index (χ0v) is 16.7. The van der Waals surface area contributed by atoms with Gasteiger partial charge in [0.2, 0.25) is 0 Å². The predicted molar refractivity (Wildman–Crippen MR) is 106 cm³/mol. The number of ketones is 1. The average molecular weight is 400 g/mol. The van der Waals surface area contributed by atoms with Crippen molar-refractivity contribution in [2.45, 2.75) is 45.1 Å². The van der Waals surface area contributed by atoms with E-state index in [1.54, 1.807) is 18.2 Å². The van der Waals surface area contributed by atoms with Crippen LogP contribution in [0.4, 0.5) is 4.79 Å². The lowest BCUT2D eigenvalue weighted by Crippen LogP contribution is -2.44. The van der Waals surface area contributed by atoms with Gasteiger partial charge >= 0.3 is 6.03 Å². The second-order valence-corrected chi connectivity index (χ2v) is 8.07. The summed E-state index contributed by atoms with van der Waals surface area (Å²) in [5.74, 6) is -0.512. The van der Waals surface area contributed by atoms with E-state index in [2.05, 4.69) is 5.32 Å². The van der Waals surface area contributed by atoms with Crippen LogP contribution in [-0.4, -0.2) is 39.3 Å². The number of aryl methyl sites for hydroxylation is 1. The van der Waals surface area contributed by atoms with Crippen molar-refractivity contribution in [1.82, 2.24) is 14.8 Å². The van der Waals surface area contributed by atoms with Crippen LogP contribution in [0.2, 0.25) is 5.02 Å². The van der Waals surface area contributed by atoms with Crippen LogP contribution in [0.1, 0.15) is 47.4 Å². The van der Waals surface area contributed by atoms with Crippen molar-refractivity contribution < 1.29 is 14.4 Å². The summed E-state index contributed by atoms with van der Waals surface area (Å²) in [5.41, 5.74) is 2.29. The number of amides is 3. The summed E-state index contributed by atoms with van der Waals surface area (Å²) in [6, 6.07) is 8.70. The minimum Gasteiger partial charge on any atom is -0.323 e. The molecule has 2 heterocycles. The largest absolute Gasteiger partial charge is 0.325 e. The van der Waals surface area contributed by atoms with Crippen molar-refractivity contribution in [3.05, 3.63) is 52.3 Å². The van der Waals surface area contributed by atoms with Crippen molar-refractivity contribution in [3.63, 3.8) is 0 Å². The number of urea groups is 1. The molecule has 0 radical (unpaired) electrons. The normalized spacial score (nSPS) is 18.2. The maximum atomic E-state index is 13.0. The minimum atomic E-state index is -0.794. The number of carbonyl (C=O) groups is 3. The fourth-order valence-corrected chi connectivity index (χ4v) is 4.52. The molecule has 2 fully saturated rings. The molecule has 1 aromatic heterocycles. The van der Waals surface area contributed by atoms with Crippen molar-refractivity contribution in [2.24, 2.45) is 0 Å². The van der Waals surface area contributed by atoms with E-state index in [-0.39, 0.29) is 18.2 Å². The van der Waals surface area contributed by atoms with Gasteiger partial charge in [-0.2, -0.15) is 0 Å². The van der Waals surface area contributed by atoms with Gasteiger partial charge in [-0.15, -0.1) is 0 Å². The summed E-state index contributed by atoms with van der Waals surface area (Å²) < 4.78 is 1.97. The van der Waals surface area contributed by atoms with E-state index < -0.39 is 11.6 Å². The standard InChI is InChI=1S/C21H22ClN3O3/c1-13-11-17(14(2)25(13)16-7-5-15(22)6-8-16)18(26)12-24-19(27)21(23-20(24)28)9-3-4-10-21/h5-8,11H,3-4,9-10,12H2,1-2H3,(H,23,28). The van der Waals surface area contributed by atoms with E-state index in [0.29, 0.717) is 23.4 Å². The Kier molecular flexibility index (Phi) is 4.54. The maximum absolute atomic E-state index is 13.0. The first-order valence-corrected chi connectivity index (χ1v) is 9.82. The quantitative estimate of drug-likeness (QED) is 0.628. The summed E-state index contributed by atoms with van der Waals surface area (Å²) in [6.07, 6.45) is 3.12. The third-order valence-electron chi connectivity index (χ3n) is 5.82. The van der Waals surface area contributed by atoms with Crippen LogP contribution in [0.5, 0.6) is 0 Å². The SMILES string of the molecule is Cc1cc(C(=O)CN2C(=O)NC3(CCCC3)C2=O)c(C)n1-c1ccc(Cl)cc1. The molecule has 1 N–H and O–H groups in total. The molecular formula is C21H22ClN3O3. The van der Waals surface area contributed by atoms with Gasteiger partial charge in [0.15, 0.2) is 5.78 Å². The number of carbonyl (C=O) groups excluding carboxylic acids is 3. The highest BCUT2D eigenvalue weighted by molar-refractivity contribution is 6.30. The molecule has 6 nitrogen and oxygen atoms in total. The molecule has 1 aromatic carbocycles. The fourth-order valence-electron chi connectivity index (χ4n) is 4.40. The van der Waals surface area contributed by atoms with Crippen LogP contribution in [0.3, 0.4) is 0 Å². The van der Waals surface area contributed by atoms with E-state index in [0.717, 1.165) is 34.8 Å². The van der Waals surface area contributed by atoms with Gasteiger partial charge in [-0.25, -0.2) is 4.79 Å². The van der Waals surface area contributed by atoms with Crippen molar-refractivity contribution in [1.29, 1.82) is 0 Å². The third-order valence-corrected chi connectivity index (χ3v) is 6.07. The number of Topliss-reactive ketones (excluding diaryl/α,β-unsaturated/α-hetero) is 1. The highest BCUT2D eigenvalue weighted by Crippen LogP contribution is 2.35. The Labute approximate surface area is 168 Å². The van der Waals surface area contributed by atoms with Crippen LogP contribution >= 0.6 is 11.6 Å². The van der Waals surface area contributed by atoms with Gasteiger partial charge in [0.25, 0.3) is 5.91 Å². The Hall–Kier alpha value is -2.60. The number of halogens is 1. The second kappa shape index (κ2) is 6.78. The maximum Gasteiger partial charge on any atom is 0.325 e. The Balaban J connectivity index is 1.59. The molecule has 146 valence electrons. The molecule has 2 aromatic rings. The average Bonchev–Trinajstić information content (AvgIpc) is 3.30. The number of hydrogen-bond acceptors (Lipinski definition) is 3. The van der Waals surface area contributed by atoms with Gasteiger partial charge in [0.05, 0.1) is 6.54 Å². The zero-order valence-electron chi connectivity index (χ0n) is 15.9. The topological polar surface area (TPSA) is 71.4 Å². The number of aromatic nitrogens is 1. The smallest absolute Gasteiger partial charge is 0.323 e. The molecule has 7 heteroatoms. The highest BCUT2D eigenvalue weighted by atomic mass is 35.5. The highest BCUT2D eigenvalue weighted by Gasteiger charge is 2.52. The fraction of sp³-hybridized carbons (Fsp3) is 0.381. The summed E-state index contributed by atoms with van der Waals surface area (Å²) in [4.78, 5) is 39.2. The van der Waals surface area contributed by atoms with Gasteiger partial charge in [0, 0.05) is 27.7 Å². The molecule has 0 unspecified atom stereocenters. The van der Waals surface area contributed by atoms with Gasteiger partial charge in [-0.05, 0) is 57.0 Å². The molecule has 0 bridgehead atoms. The van der Waals surface area contributed by atoms with Crippen LogP contribution < -0.4 is 5.32 Å². The molecule has 1 saturated carbocycles. The molecule has 1 aliphatic heterocycles. The second-order valence-electron chi connectivity index (χ2n) is 7.63. The number of nitrogens with one attached hydrogen (secondary N) is 1. The lowest BCUT2D eigenvalue weighted by atomic mass is 9.98. The van der Waals surface area contributed by atoms with E-state index in [1.807, 2.05) is 30.5 Å². The molecule has 3 amide bonds. The molecule has 1 spiro atoms. The molecular weight excluding hydrogens is 378 g/mol. The van der Waals surface area contributed by atoms with Crippen molar-refractivity contribution >= 4 is 29.3 Å². The first-order valence-electron chi connectivity index (χ1n) is 9.44. The molecule has 0 atom stereocenters. The van der Waals surface area contributed by atoms with Crippen molar-refractivity contribution in [3.8, 4) is 5.69 Å². The number of imide groups is 1. The Morgan fingerprint density at radius 3 is 2.43 bits per heavy atom. The number of hydrogen-bond donors (Lipinski definition) is 1. The molecule has 1 saturated heterocycles. The first kappa shape index (κ1) is 18.7. The molecule has 1 aliphatic carbocycles. The number of rotatable bonds is 4. The van der Waals surface area contributed by atoms with Crippen LogP contribution in [0, 0.1) is 13.8 Å². The summed E-state index contributed by atoms with van der Waals surface area (Å²) in [7, 11) is 0. The Bertz CT molecular complexity index is 972. The van der Waals surface area contributed by atoms with Crippen LogP contribution in [-0.2, 0) is 4.79 Å². The van der Waals surface area contributed by atoms with Crippen LogP contribution in [0.15, 0.2) is 30.3 Å². The van der Waals surface area contributed by atoms with E-state index in [9.17, 15) is 14.4 Å². The third kappa shape index (κ3) is 2.92. The summed E-state index contributed by atoms with van der Waals surface area (Å²) >= 11 is 5.97. The lowest BCUT2D eigenvalue weighted by Gasteiger charge is -2.19. The van der Waals surface area contributed by atoms with E-state index in [4.69, 9.17) is 11.6 Å². The van der Waals surface area contributed by atoms with Gasteiger partial charge in [-0.3, -0.25) is 14.5 Å². The van der Waals surface area contributed by atoms with E-state index >= 15 is 0 Å². The van der Waals surface area contributed by atoms with Crippen LogP contribution in [0.25, 0.3) is 5.69 Å². The van der Waals surface area contributed by atoms with Crippen molar-refractivity contribution in [2.75, 3.05) is 6.54 Å². The van der Waals surface area contributed by atoms with Gasteiger partial charge in [-0.1, -0.05) is 24.4 Å². The zero-order chi connectivity index (χ0) is 20.1. The lowest BCUT2D eigenvalue weighted by molar-refractivity contribution is -0.130. The molecule has 4 rings (SSSR count). The molecule has 28 heavy (non-hydrogen) atoms. The summed E-state index contributed by atoms with van der Waals surface area (Å²) in [6.45, 7) is 3.54. The number of nitrogens with zero attached hydrogens (tertiary/aromatic N) is 2.